The maximum Gasteiger partial charge on any atom is 0.332 e. The van der Waals surface area contributed by atoms with Crippen molar-refractivity contribution < 1.29 is 18.1 Å². The van der Waals surface area contributed by atoms with Gasteiger partial charge in [-0.15, -0.1) is 11.3 Å². The Morgan fingerprint density at radius 3 is 2.64 bits per heavy atom. The number of thiazole rings is 1. The molecule has 0 aromatic carbocycles. The number of imidazole rings is 1. The Labute approximate surface area is 222 Å². The van der Waals surface area contributed by atoms with Crippen molar-refractivity contribution in [1.29, 1.82) is 0 Å². The van der Waals surface area contributed by atoms with E-state index in [2.05, 4.69) is 25.4 Å². The van der Waals surface area contributed by atoms with Gasteiger partial charge in [-0.05, 0) is 25.5 Å². The lowest BCUT2D eigenvalue weighted by Crippen LogP contribution is -2.40. The van der Waals surface area contributed by atoms with Gasteiger partial charge in [-0.1, -0.05) is 5.16 Å². The van der Waals surface area contributed by atoms with Crippen LogP contribution >= 0.6 is 11.3 Å². The van der Waals surface area contributed by atoms with Gasteiger partial charge in [0, 0.05) is 37.2 Å². The number of aromatic nitrogens is 7. The fourth-order valence-electron chi connectivity index (χ4n) is 4.19. The maximum atomic E-state index is 13.7. The molecular formula is C24H22F2N8O4S. The minimum atomic E-state index is -3.06. The Balaban J connectivity index is 1.37. The summed E-state index contributed by atoms with van der Waals surface area (Å²) in [6, 6.07) is 3.19. The van der Waals surface area contributed by atoms with E-state index in [9.17, 15) is 23.2 Å². The van der Waals surface area contributed by atoms with E-state index in [-0.39, 0.29) is 35.8 Å². The van der Waals surface area contributed by atoms with Crippen molar-refractivity contribution in [2.75, 3.05) is 5.32 Å². The number of carbonyl (C=O) groups excluding carboxylic acids is 1. The maximum absolute atomic E-state index is 13.7. The number of halogens is 2. The van der Waals surface area contributed by atoms with E-state index in [0.29, 0.717) is 27.6 Å². The Bertz CT molecular complexity index is 1840. The summed E-state index contributed by atoms with van der Waals surface area (Å²) in [7, 11) is 1.48. The lowest BCUT2D eigenvalue weighted by Gasteiger charge is -2.12. The molecule has 202 valence electrons. The molecule has 0 fully saturated rings. The second kappa shape index (κ2) is 9.65. The van der Waals surface area contributed by atoms with E-state index in [1.165, 1.54) is 40.0 Å². The van der Waals surface area contributed by atoms with Gasteiger partial charge in [0.1, 0.15) is 34.5 Å². The van der Waals surface area contributed by atoms with Crippen LogP contribution < -0.4 is 16.6 Å². The predicted molar refractivity (Wildman–Crippen MR) is 138 cm³/mol. The molecule has 0 aliphatic carbocycles. The van der Waals surface area contributed by atoms with Crippen LogP contribution in [0.4, 0.5) is 14.6 Å². The van der Waals surface area contributed by atoms with Crippen LogP contribution in [0.3, 0.4) is 0 Å². The van der Waals surface area contributed by atoms with Crippen molar-refractivity contribution in [3.05, 3.63) is 73.6 Å². The molecule has 0 saturated carbocycles. The van der Waals surface area contributed by atoms with Crippen molar-refractivity contribution in [1.82, 2.24) is 33.8 Å². The van der Waals surface area contributed by atoms with Gasteiger partial charge in [-0.3, -0.25) is 23.7 Å². The van der Waals surface area contributed by atoms with E-state index in [0.717, 1.165) is 11.5 Å². The van der Waals surface area contributed by atoms with Crippen molar-refractivity contribution in [2.24, 2.45) is 7.05 Å². The quantitative estimate of drug-likeness (QED) is 0.322. The molecule has 1 amide bonds. The second-order valence-corrected chi connectivity index (χ2v) is 9.93. The van der Waals surface area contributed by atoms with E-state index in [1.807, 2.05) is 0 Å². The number of amides is 1. The van der Waals surface area contributed by atoms with Crippen LogP contribution in [0.25, 0.3) is 21.7 Å². The Morgan fingerprint density at radius 2 is 1.97 bits per heavy atom. The number of hydrogen-bond donors (Lipinski definition) is 1. The second-order valence-electron chi connectivity index (χ2n) is 9.07. The minimum absolute atomic E-state index is 0.0702. The normalized spacial score (nSPS) is 11.8. The van der Waals surface area contributed by atoms with Crippen LogP contribution in [0.5, 0.6) is 0 Å². The predicted octanol–water partition coefficient (Wildman–Crippen LogP) is 2.82. The average Bonchev–Trinajstić information content (AvgIpc) is 3.60. The molecule has 0 aliphatic heterocycles. The first kappa shape index (κ1) is 26.1. The number of nitrogens with zero attached hydrogens (tertiary/aromatic N) is 7. The van der Waals surface area contributed by atoms with Crippen LogP contribution in [-0.4, -0.2) is 39.7 Å². The molecule has 5 rings (SSSR count). The third-order valence-corrected chi connectivity index (χ3v) is 6.82. The van der Waals surface area contributed by atoms with Gasteiger partial charge in [0.05, 0.1) is 12.9 Å². The van der Waals surface area contributed by atoms with Gasteiger partial charge < -0.3 is 14.4 Å². The lowest BCUT2D eigenvalue weighted by molar-refractivity contribution is -0.116. The summed E-state index contributed by atoms with van der Waals surface area (Å²) in [5.74, 6) is -2.77. The molecule has 1 N–H and O–H groups in total. The molecule has 0 unspecified atom stereocenters. The molecule has 0 aliphatic rings. The first-order chi connectivity index (χ1) is 18.4. The Morgan fingerprint density at radius 1 is 1.21 bits per heavy atom. The van der Waals surface area contributed by atoms with Crippen molar-refractivity contribution >= 4 is 34.2 Å². The molecule has 12 nitrogen and oxygen atoms in total. The minimum Gasteiger partial charge on any atom is -0.361 e. The Kier molecular flexibility index (Phi) is 6.46. The zero-order valence-corrected chi connectivity index (χ0v) is 22.0. The number of fused-ring (bicyclic) bond motifs is 1. The van der Waals surface area contributed by atoms with Gasteiger partial charge in [-0.25, -0.2) is 14.8 Å². The molecule has 39 heavy (non-hydrogen) atoms. The standard InChI is InChI=1S/C24H22F2N8O4S/c1-12-5-14(7-27-19(12)24(3,25)26)21-30-16(10-39-21)29-17(35)9-33-11-28-20-18(33)22(36)34(23(37)32(20)4)8-15-6-13(2)38-31-15/h5-7,10-11H,8-9H2,1-4H3,(H,29,35). The molecule has 5 heterocycles. The molecular weight excluding hydrogens is 534 g/mol. The monoisotopic (exact) mass is 556 g/mol. The lowest BCUT2D eigenvalue weighted by atomic mass is 10.1. The van der Waals surface area contributed by atoms with Crippen LogP contribution in [0.15, 0.2) is 44.1 Å². The van der Waals surface area contributed by atoms with E-state index >= 15 is 0 Å². The number of anilines is 1. The highest BCUT2D eigenvalue weighted by Gasteiger charge is 2.28. The smallest absolute Gasteiger partial charge is 0.332 e. The third-order valence-electron chi connectivity index (χ3n) is 5.93. The molecule has 0 radical (unpaired) electrons. The zero-order valence-electron chi connectivity index (χ0n) is 21.2. The first-order valence-corrected chi connectivity index (χ1v) is 12.5. The van der Waals surface area contributed by atoms with Gasteiger partial charge >= 0.3 is 5.69 Å². The topological polar surface area (TPSA) is 143 Å². The highest BCUT2D eigenvalue weighted by atomic mass is 32.1. The molecule has 0 bridgehead atoms. The number of nitrogens with one attached hydrogen (secondary N) is 1. The molecule has 5 aromatic heterocycles. The van der Waals surface area contributed by atoms with Crippen molar-refractivity contribution in [3.8, 4) is 10.6 Å². The number of aryl methyl sites for hydroxylation is 3. The third kappa shape index (κ3) is 4.99. The van der Waals surface area contributed by atoms with Gasteiger partial charge in [0.15, 0.2) is 11.2 Å². The van der Waals surface area contributed by atoms with Crippen LogP contribution in [-0.2, 0) is 30.9 Å². The summed E-state index contributed by atoms with van der Waals surface area (Å²) < 4.78 is 35.9. The summed E-state index contributed by atoms with van der Waals surface area (Å²) in [5.41, 5.74) is -0.0561. The van der Waals surface area contributed by atoms with Gasteiger partial charge in [0.2, 0.25) is 5.91 Å². The van der Waals surface area contributed by atoms with Crippen LogP contribution in [0.2, 0.25) is 0 Å². The summed E-state index contributed by atoms with van der Waals surface area (Å²) >= 11 is 1.21. The fourth-order valence-corrected chi connectivity index (χ4v) is 4.92. The molecule has 0 spiro atoms. The molecule has 0 atom stereocenters. The highest BCUT2D eigenvalue weighted by Crippen LogP contribution is 2.32. The van der Waals surface area contributed by atoms with Crippen molar-refractivity contribution in [2.45, 2.75) is 39.8 Å². The number of carbonyl (C=O) groups is 1. The summed E-state index contributed by atoms with van der Waals surface area (Å²) in [6.45, 7) is 3.64. The highest BCUT2D eigenvalue weighted by molar-refractivity contribution is 7.13. The van der Waals surface area contributed by atoms with Crippen LogP contribution in [0.1, 0.15) is 29.6 Å². The number of hydrogen-bond acceptors (Lipinski definition) is 9. The van der Waals surface area contributed by atoms with E-state index in [4.69, 9.17) is 4.52 Å². The molecule has 15 heteroatoms. The SMILES string of the molecule is Cc1cc(Cn2c(=O)c3c(ncn3CC(=O)Nc3csc(-c4cnc(C(C)(F)F)c(C)c4)n3)n(C)c2=O)no1. The first-order valence-electron chi connectivity index (χ1n) is 11.6. The van der Waals surface area contributed by atoms with Crippen LogP contribution in [0, 0.1) is 13.8 Å². The number of pyridine rings is 1. The zero-order chi connectivity index (χ0) is 28.1. The van der Waals surface area contributed by atoms with E-state index in [1.54, 1.807) is 31.4 Å². The molecule has 0 saturated heterocycles. The van der Waals surface area contributed by atoms with Gasteiger partial charge in [-0.2, -0.15) is 8.78 Å². The Hall–Kier alpha value is -4.53. The average molecular weight is 557 g/mol. The summed E-state index contributed by atoms with van der Waals surface area (Å²) in [6.07, 6.45) is 2.62. The molecule has 5 aromatic rings. The number of alkyl halides is 2. The van der Waals surface area contributed by atoms with E-state index < -0.39 is 23.1 Å². The number of rotatable bonds is 7. The van der Waals surface area contributed by atoms with Gasteiger partial charge in [0.25, 0.3) is 11.5 Å². The summed E-state index contributed by atoms with van der Waals surface area (Å²) in [5, 5.41) is 8.59. The summed E-state index contributed by atoms with van der Waals surface area (Å²) in [4.78, 5) is 51.3. The largest absolute Gasteiger partial charge is 0.361 e. The fraction of sp³-hybridized carbons (Fsp3) is 0.292. The van der Waals surface area contributed by atoms with Crippen molar-refractivity contribution in [3.63, 3.8) is 0 Å².